The predicted octanol–water partition coefficient (Wildman–Crippen LogP) is 4.37. The second-order valence-electron chi connectivity index (χ2n) is 4.31. The molecule has 3 aromatic rings. The summed E-state index contributed by atoms with van der Waals surface area (Å²) in [5.74, 6) is 0. The zero-order valence-electron chi connectivity index (χ0n) is 10.4. The van der Waals surface area contributed by atoms with Gasteiger partial charge in [-0.2, -0.15) is 0 Å². The van der Waals surface area contributed by atoms with E-state index in [9.17, 15) is 0 Å². The summed E-state index contributed by atoms with van der Waals surface area (Å²) in [6.07, 6.45) is 1.83. The molecule has 0 saturated carbocycles. The van der Waals surface area contributed by atoms with Crippen molar-refractivity contribution in [1.82, 2.24) is 10.3 Å². The van der Waals surface area contributed by atoms with Gasteiger partial charge in [0, 0.05) is 20.9 Å². The Kier molecular flexibility index (Phi) is 3.64. The van der Waals surface area contributed by atoms with Gasteiger partial charge >= 0.3 is 0 Å². The summed E-state index contributed by atoms with van der Waals surface area (Å²) in [6, 6.07) is 12.8. The summed E-state index contributed by atoms with van der Waals surface area (Å²) in [7, 11) is 1.99. The molecule has 0 aliphatic heterocycles. The largest absolute Gasteiger partial charge is 0.309 e. The van der Waals surface area contributed by atoms with Gasteiger partial charge in [-0.25, -0.2) is 0 Å². The number of hydrogen-bond acceptors (Lipinski definition) is 3. The fourth-order valence-corrected chi connectivity index (χ4v) is 3.96. The minimum atomic E-state index is 0.195. The highest BCUT2D eigenvalue weighted by Gasteiger charge is 2.16. The van der Waals surface area contributed by atoms with Gasteiger partial charge in [-0.05, 0) is 52.1 Å². The number of hydrogen-bond donors (Lipinski definition) is 1. The van der Waals surface area contributed by atoms with Gasteiger partial charge in [0.25, 0.3) is 0 Å². The van der Waals surface area contributed by atoms with E-state index in [0.717, 1.165) is 9.99 Å². The van der Waals surface area contributed by atoms with Gasteiger partial charge in [0.15, 0.2) is 0 Å². The van der Waals surface area contributed by atoms with Crippen molar-refractivity contribution in [3.8, 4) is 0 Å². The maximum absolute atomic E-state index is 4.43. The summed E-state index contributed by atoms with van der Waals surface area (Å²) in [6.45, 7) is 0. The molecule has 4 heteroatoms. The summed E-state index contributed by atoms with van der Waals surface area (Å²) < 4.78 is 1.15. The molecule has 0 amide bonds. The normalized spacial score (nSPS) is 12.7. The quantitative estimate of drug-likeness (QED) is 0.770. The van der Waals surface area contributed by atoms with Crippen LogP contribution in [0.15, 0.2) is 52.4 Å². The van der Waals surface area contributed by atoms with Crippen LogP contribution in [-0.2, 0) is 0 Å². The van der Waals surface area contributed by atoms with Gasteiger partial charge < -0.3 is 5.32 Å². The van der Waals surface area contributed by atoms with Crippen LogP contribution in [0, 0.1) is 0 Å². The fourth-order valence-electron chi connectivity index (χ4n) is 2.22. The maximum Gasteiger partial charge on any atom is 0.0705 e. The average Bonchev–Trinajstić information content (AvgIpc) is 2.86. The Morgan fingerprint density at radius 2 is 2.16 bits per heavy atom. The molecule has 0 bridgehead atoms. The smallest absolute Gasteiger partial charge is 0.0705 e. The third kappa shape index (κ3) is 2.43. The van der Waals surface area contributed by atoms with Crippen molar-refractivity contribution < 1.29 is 0 Å². The van der Waals surface area contributed by atoms with Crippen LogP contribution < -0.4 is 5.32 Å². The third-order valence-corrected chi connectivity index (χ3v) is 5.09. The molecule has 19 heavy (non-hydrogen) atoms. The molecule has 1 aromatic carbocycles. The number of thiophene rings is 1. The van der Waals surface area contributed by atoms with E-state index < -0.39 is 0 Å². The average molecular weight is 333 g/mol. The molecule has 2 aromatic heterocycles. The van der Waals surface area contributed by atoms with E-state index in [1.807, 2.05) is 19.3 Å². The Morgan fingerprint density at radius 1 is 1.26 bits per heavy atom. The standard InChI is InChI=1S/C15H13BrN2S/c1-17-14(15-12(16)6-8-19-15)11-5-4-10-3-2-7-18-13(10)9-11/h2-9,14,17H,1H3. The first-order valence-corrected chi connectivity index (χ1v) is 7.71. The van der Waals surface area contributed by atoms with Crippen molar-refractivity contribution in [3.05, 3.63) is 62.9 Å². The molecule has 0 aliphatic rings. The monoisotopic (exact) mass is 332 g/mol. The third-order valence-electron chi connectivity index (χ3n) is 3.16. The molecular weight excluding hydrogens is 320 g/mol. The number of rotatable bonds is 3. The zero-order chi connectivity index (χ0) is 13.2. The molecule has 2 nitrogen and oxygen atoms in total. The lowest BCUT2D eigenvalue weighted by Gasteiger charge is -2.16. The second-order valence-corrected chi connectivity index (χ2v) is 6.11. The minimum absolute atomic E-state index is 0.195. The van der Waals surface area contributed by atoms with E-state index in [2.05, 4.69) is 61.9 Å². The van der Waals surface area contributed by atoms with Crippen molar-refractivity contribution in [2.45, 2.75) is 6.04 Å². The number of benzene rings is 1. The maximum atomic E-state index is 4.43. The van der Waals surface area contributed by atoms with Crippen LogP contribution in [0.3, 0.4) is 0 Å². The molecule has 0 aliphatic carbocycles. The highest BCUT2D eigenvalue weighted by Crippen LogP contribution is 2.33. The van der Waals surface area contributed by atoms with Crippen LogP contribution in [0.2, 0.25) is 0 Å². The first kappa shape index (κ1) is 12.8. The summed E-state index contributed by atoms with van der Waals surface area (Å²) >= 11 is 5.36. The lowest BCUT2D eigenvalue weighted by Crippen LogP contribution is -2.16. The molecule has 1 N–H and O–H groups in total. The van der Waals surface area contributed by atoms with E-state index in [-0.39, 0.29) is 6.04 Å². The van der Waals surface area contributed by atoms with Gasteiger partial charge in [-0.15, -0.1) is 11.3 Å². The van der Waals surface area contributed by atoms with Gasteiger partial charge in [-0.1, -0.05) is 18.2 Å². The number of fused-ring (bicyclic) bond motifs is 1. The first-order chi connectivity index (χ1) is 9.29. The molecule has 0 radical (unpaired) electrons. The van der Waals surface area contributed by atoms with Gasteiger partial charge in [0.2, 0.25) is 0 Å². The first-order valence-electron chi connectivity index (χ1n) is 6.04. The van der Waals surface area contributed by atoms with Gasteiger partial charge in [0.1, 0.15) is 0 Å². The number of pyridine rings is 1. The molecule has 3 rings (SSSR count). The second kappa shape index (κ2) is 5.41. The van der Waals surface area contributed by atoms with Crippen LogP contribution in [0.1, 0.15) is 16.5 Å². The number of aromatic nitrogens is 1. The van der Waals surface area contributed by atoms with Crippen molar-refractivity contribution in [2.24, 2.45) is 0 Å². The van der Waals surface area contributed by atoms with E-state index >= 15 is 0 Å². The van der Waals surface area contributed by atoms with Crippen molar-refractivity contribution in [3.63, 3.8) is 0 Å². The van der Waals surface area contributed by atoms with Gasteiger partial charge in [0.05, 0.1) is 11.6 Å². The summed E-state index contributed by atoms with van der Waals surface area (Å²) in [4.78, 5) is 5.72. The van der Waals surface area contributed by atoms with Crippen LogP contribution in [0.5, 0.6) is 0 Å². The molecular formula is C15H13BrN2S. The Morgan fingerprint density at radius 3 is 2.89 bits per heavy atom. The molecule has 2 heterocycles. The molecule has 0 saturated heterocycles. The number of halogens is 1. The molecule has 1 unspecified atom stereocenters. The van der Waals surface area contributed by atoms with E-state index in [1.54, 1.807) is 11.3 Å². The Labute approximate surface area is 124 Å². The number of nitrogens with one attached hydrogen (secondary N) is 1. The lowest BCUT2D eigenvalue weighted by atomic mass is 10.0. The minimum Gasteiger partial charge on any atom is -0.309 e. The van der Waals surface area contributed by atoms with E-state index in [0.29, 0.717) is 0 Å². The number of nitrogens with zero attached hydrogens (tertiary/aromatic N) is 1. The lowest BCUT2D eigenvalue weighted by molar-refractivity contribution is 0.702. The molecule has 96 valence electrons. The summed E-state index contributed by atoms with van der Waals surface area (Å²) in [5.41, 5.74) is 2.27. The van der Waals surface area contributed by atoms with Crippen LogP contribution in [0.25, 0.3) is 10.9 Å². The molecule has 1 atom stereocenters. The van der Waals surface area contributed by atoms with E-state index in [1.165, 1.54) is 15.8 Å². The highest BCUT2D eigenvalue weighted by atomic mass is 79.9. The summed E-state index contributed by atoms with van der Waals surface area (Å²) in [5, 5.41) is 6.65. The van der Waals surface area contributed by atoms with Crippen molar-refractivity contribution in [1.29, 1.82) is 0 Å². The van der Waals surface area contributed by atoms with Gasteiger partial charge in [-0.3, -0.25) is 4.98 Å². The Hall–Kier alpha value is -1.23. The van der Waals surface area contributed by atoms with Crippen LogP contribution in [0.4, 0.5) is 0 Å². The fraction of sp³-hybridized carbons (Fsp3) is 0.133. The van der Waals surface area contributed by atoms with Crippen molar-refractivity contribution in [2.75, 3.05) is 7.05 Å². The van der Waals surface area contributed by atoms with E-state index in [4.69, 9.17) is 0 Å². The zero-order valence-corrected chi connectivity index (χ0v) is 12.8. The molecule has 0 fully saturated rings. The van der Waals surface area contributed by atoms with Crippen LogP contribution in [-0.4, -0.2) is 12.0 Å². The highest BCUT2D eigenvalue weighted by molar-refractivity contribution is 9.10. The Bertz CT molecular complexity index is 708. The van der Waals surface area contributed by atoms with Crippen molar-refractivity contribution >= 4 is 38.2 Å². The topological polar surface area (TPSA) is 24.9 Å². The van der Waals surface area contributed by atoms with Crippen LogP contribution >= 0.6 is 27.3 Å². The molecule has 0 spiro atoms. The SMILES string of the molecule is CNC(c1ccc2cccnc2c1)c1sccc1Br. The Balaban J connectivity index is 2.09. The predicted molar refractivity (Wildman–Crippen MR) is 84.7 cm³/mol.